The van der Waals surface area contributed by atoms with Gasteiger partial charge in [-0.25, -0.2) is 29.9 Å². The van der Waals surface area contributed by atoms with E-state index in [1.54, 1.807) is 0 Å². The summed E-state index contributed by atoms with van der Waals surface area (Å²) in [6.45, 7) is 6.53. The first kappa shape index (κ1) is 70.4. The predicted octanol–water partition coefficient (Wildman–Crippen LogP) is 29.0. The van der Waals surface area contributed by atoms with Crippen molar-refractivity contribution in [2.45, 2.75) is 20.8 Å². The first-order chi connectivity index (χ1) is 59.7. The molecule has 10 heteroatoms. The van der Waals surface area contributed by atoms with Gasteiger partial charge in [-0.2, -0.15) is 0 Å². The summed E-state index contributed by atoms with van der Waals surface area (Å²) in [6.07, 6.45) is 0. The van der Waals surface area contributed by atoms with E-state index >= 15 is 0 Å². The van der Waals surface area contributed by atoms with Crippen molar-refractivity contribution in [1.29, 1.82) is 0 Å². The Bertz CT molecular complexity index is 7900. The molecule has 17 aromatic carbocycles. The highest BCUT2D eigenvalue weighted by atomic mass is 16.3. The Morgan fingerprint density at radius 3 is 1.12 bits per heavy atom. The van der Waals surface area contributed by atoms with E-state index in [-0.39, 0.29) is 0 Å². The number of aromatic nitrogens is 8. The zero-order chi connectivity index (χ0) is 80.3. The van der Waals surface area contributed by atoms with Crippen molar-refractivity contribution in [1.82, 2.24) is 39.0 Å². The number of hydrogen-bond acceptors (Lipinski definition) is 8. The van der Waals surface area contributed by atoms with Crippen LogP contribution in [0.25, 0.3) is 234 Å². The molecule has 0 radical (unpaired) electrons. The van der Waals surface area contributed by atoms with E-state index in [2.05, 4.69) is 327 Å². The molecule has 0 atom stereocenters. The highest BCUT2D eigenvalue weighted by molar-refractivity contribution is 6.23. The fourth-order valence-electron chi connectivity index (χ4n) is 18.3. The fraction of sp³-hybridized carbons (Fsp3) is 0.0270. The molecule has 0 spiro atoms. The molecule has 0 aliphatic rings. The molecule has 0 amide bonds. The summed E-state index contributed by atoms with van der Waals surface area (Å²) in [4.78, 5) is 32.6. The van der Waals surface area contributed by atoms with E-state index in [0.717, 1.165) is 188 Å². The summed E-state index contributed by atoms with van der Waals surface area (Å²) < 4.78 is 19.1. The normalized spacial score (nSPS) is 11.8. The van der Waals surface area contributed by atoms with Crippen LogP contribution in [0.5, 0.6) is 0 Å². The van der Waals surface area contributed by atoms with Crippen molar-refractivity contribution in [2.75, 3.05) is 0 Å². The zero-order valence-corrected chi connectivity index (χ0v) is 66.3. The van der Waals surface area contributed by atoms with Gasteiger partial charge in [-0.15, -0.1) is 0 Å². The number of hydrogen-bond donors (Lipinski definition) is 0. The van der Waals surface area contributed by atoms with Gasteiger partial charge in [0.1, 0.15) is 22.3 Å². The minimum absolute atomic E-state index is 0.517. The Balaban J connectivity index is 0.748. The summed E-state index contributed by atoms with van der Waals surface area (Å²) in [5.74, 6) is 3.29. The molecular formula is C111H72N8O2. The van der Waals surface area contributed by atoms with Crippen LogP contribution in [0.15, 0.2) is 391 Å². The lowest BCUT2D eigenvalue weighted by Gasteiger charge is -2.17. The zero-order valence-electron chi connectivity index (χ0n) is 66.3. The van der Waals surface area contributed by atoms with Gasteiger partial charge in [0.15, 0.2) is 34.9 Å². The molecule has 0 unspecified atom stereocenters. The quantitative estimate of drug-likeness (QED) is 0.106. The second-order valence-electron chi connectivity index (χ2n) is 31.3. The van der Waals surface area contributed by atoms with Gasteiger partial charge in [-0.05, 0) is 160 Å². The Morgan fingerprint density at radius 2 is 0.579 bits per heavy atom. The molecule has 0 aliphatic carbocycles. The average molecular weight is 1550 g/mol. The first-order valence-corrected chi connectivity index (χ1v) is 41.0. The van der Waals surface area contributed by atoms with Crippen molar-refractivity contribution in [2.24, 2.45) is 0 Å². The Kier molecular flexibility index (Phi) is 16.7. The summed E-state index contributed by atoms with van der Waals surface area (Å²) in [7, 11) is 0. The molecule has 0 aliphatic heterocycles. The molecular weight excluding hydrogens is 1480 g/mol. The molecule has 0 saturated heterocycles. The topological polar surface area (TPSA) is 113 Å². The molecule has 23 rings (SSSR count). The lowest BCUT2D eigenvalue weighted by molar-refractivity contribution is 0.669. The van der Waals surface area contributed by atoms with Gasteiger partial charge in [0.2, 0.25) is 0 Å². The fourth-order valence-corrected chi connectivity index (χ4v) is 18.3. The maximum atomic E-state index is 7.44. The van der Waals surface area contributed by atoms with Gasteiger partial charge < -0.3 is 18.0 Å². The van der Waals surface area contributed by atoms with Gasteiger partial charge in [0, 0.05) is 87.6 Å². The van der Waals surface area contributed by atoms with Crippen LogP contribution in [0.4, 0.5) is 0 Å². The van der Waals surface area contributed by atoms with Crippen LogP contribution in [0.1, 0.15) is 16.7 Å². The minimum atomic E-state index is 0.517. The van der Waals surface area contributed by atoms with E-state index in [1.165, 1.54) is 27.8 Å². The van der Waals surface area contributed by atoms with E-state index in [1.807, 2.05) is 84.9 Å². The Hall–Kier alpha value is -16.0. The van der Waals surface area contributed by atoms with Crippen molar-refractivity contribution in [3.05, 3.63) is 399 Å². The molecule has 121 heavy (non-hydrogen) atoms. The predicted molar refractivity (Wildman–Crippen MR) is 496 cm³/mol. The number of nitrogens with zero attached hydrogens (tertiary/aromatic N) is 8. The van der Waals surface area contributed by atoms with Gasteiger partial charge in [0.05, 0.1) is 33.4 Å². The van der Waals surface area contributed by atoms with Crippen LogP contribution in [0, 0.1) is 20.8 Å². The highest BCUT2D eigenvalue weighted by Crippen LogP contribution is 2.50. The van der Waals surface area contributed by atoms with Gasteiger partial charge in [-0.3, -0.25) is 0 Å². The van der Waals surface area contributed by atoms with E-state index < -0.39 is 0 Å². The Labute approximate surface area is 697 Å². The molecule has 568 valence electrons. The monoisotopic (exact) mass is 1550 g/mol. The van der Waals surface area contributed by atoms with Crippen molar-refractivity contribution in [3.63, 3.8) is 0 Å². The average Bonchev–Trinajstić information content (AvgIpc) is 1.56. The van der Waals surface area contributed by atoms with E-state index in [4.69, 9.17) is 38.7 Å². The second-order valence-corrected chi connectivity index (χ2v) is 31.3. The minimum Gasteiger partial charge on any atom is -0.455 e. The molecule has 6 heterocycles. The number of benzene rings is 17. The Morgan fingerprint density at radius 1 is 0.198 bits per heavy atom. The smallest absolute Gasteiger partial charge is 0.166 e. The van der Waals surface area contributed by atoms with Crippen LogP contribution < -0.4 is 0 Å². The third kappa shape index (κ3) is 12.0. The highest BCUT2D eigenvalue weighted by Gasteiger charge is 2.28. The largest absolute Gasteiger partial charge is 0.455 e. The molecule has 0 saturated carbocycles. The van der Waals surface area contributed by atoms with Crippen LogP contribution in [-0.2, 0) is 0 Å². The lowest BCUT2D eigenvalue weighted by Crippen LogP contribution is -2.04. The van der Waals surface area contributed by atoms with E-state index in [9.17, 15) is 0 Å². The van der Waals surface area contributed by atoms with Crippen molar-refractivity contribution >= 4 is 87.5 Å². The summed E-state index contributed by atoms with van der Waals surface area (Å²) in [5.41, 5.74) is 30.4. The standard InChI is InChI=1S/C111H72N8O2/c1-67-27-22-38-74(61-67)75-51-56-88-99(66-75)119(97-60-55-78(82-42-23-46-87-84-41-20-21-49-100(84)120-104(82)87)64-93(97)111-116-108(72-34-12-6-13-35-72)113-109(117-111)73-36-14-7-15-37-73)98-48-25-44-85(102(88)98)86-45-26-50-101-103(86)89-47-24-43-83(105(89)121-101)79-54-59-96(92(65-79)110-114-106(70-30-8-4-9-31-70)112-107(115-110)71-32-10-5-11-33-71)118-94-57-52-76(80-39-18-16-28-68(80)2)62-90(94)91-63-77(53-58-95(91)118)81-40-19-17-29-69(81)3/h4-66H,1-3H3. The first-order valence-electron chi connectivity index (χ1n) is 41.0. The number of fused-ring (bicyclic) bond motifs is 12. The van der Waals surface area contributed by atoms with Crippen LogP contribution in [0.3, 0.4) is 0 Å². The molecule has 10 nitrogen and oxygen atoms in total. The summed E-state index contributed by atoms with van der Waals surface area (Å²) >= 11 is 0. The second kappa shape index (κ2) is 28.7. The summed E-state index contributed by atoms with van der Waals surface area (Å²) in [6, 6.07) is 136. The third-order valence-corrected chi connectivity index (χ3v) is 24.0. The van der Waals surface area contributed by atoms with Crippen molar-refractivity contribution in [3.8, 4) is 146 Å². The number of aryl methyl sites for hydroxylation is 3. The maximum Gasteiger partial charge on any atom is 0.166 e. The molecule has 0 fully saturated rings. The summed E-state index contributed by atoms with van der Waals surface area (Å²) in [5, 5.41) is 8.47. The van der Waals surface area contributed by atoms with Crippen molar-refractivity contribution < 1.29 is 8.83 Å². The van der Waals surface area contributed by atoms with Gasteiger partial charge in [0.25, 0.3) is 0 Å². The number of furan rings is 2. The van der Waals surface area contributed by atoms with Crippen LogP contribution >= 0.6 is 0 Å². The van der Waals surface area contributed by atoms with Gasteiger partial charge in [-0.1, -0.05) is 315 Å². The molecule has 6 aromatic heterocycles. The maximum absolute atomic E-state index is 7.44. The SMILES string of the molecule is Cc1cccc(-c2ccc3c4c(-c5cccc6oc7c(-c8ccc(-n9c%10ccc(-c%11ccccc%11C)cc%10c%10cc(-c%11ccccc%11C)ccc%109)c(-c9nc(-c%10ccccc%10)nc(-c%10ccccc%10)n9)c8)cccc7c56)cccc4n(-c4ccc(-c5cccc6c5oc5ccccc56)cc4-c4nc(-c5ccccc5)nc(-c5ccccc5)n4)c3c2)c1. The van der Waals surface area contributed by atoms with Crippen LogP contribution in [0.2, 0.25) is 0 Å². The number of para-hydroxylation sites is 3. The van der Waals surface area contributed by atoms with Crippen LogP contribution in [-0.4, -0.2) is 39.0 Å². The number of rotatable bonds is 14. The third-order valence-electron chi connectivity index (χ3n) is 24.0. The van der Waals surface area contributed by atoms with Gasteiger partial charge >= 0.3 is 0 Å². The lowest BCUT2D eigenvalue weighted by atomic mass is 9.93. The molecule has 0 bridgehead atoms. The molecule has 0 N–H and O–H groups in total. The molecule has 23 aromatic rings. The van der Waals surface area contributed by atoms with E-state index in [0.29, 0.717) is 34.9 Å².